The van der Waals surface area contributed by atoms with Crippen LogP contribution in [0.4, 0.5) is 20.2 Å². The van der Waals surface area contributed by atoms with Gasteiger partial charge in [-0.2, -0.15) is 0 Å². The molecule has 0 saturated heterocycles. The first kappa shape index (κ1) is 22.5. The molecule has 0 fully saturated rings. The van der Waals surface area contributed by atoms with Crippen LogP contribution < -0.4 is 14.8 Å². The molecule has 1 amide bonds. The summed E-state index contributed by atoms with van der Waals surface area (Å²) < 4.78 is 59.3. The second-order valence-electron chi connectivity index (χ2n) is 7.37. The van der Waals surface area contributed by atoms with Crippen LogP contribution in [0.5, 0.6) is 5.75 Å². The molecular formula is C20H22F2N4O4S. The molecule has 0 spiro atoms. The number of hydrogen-bond donors (Lipinski definition) is 2. The van der Waals surface area contributed by atoms with Crippen molar-refractivity contribution in [3.05, 3.63) is 48.3 Å². The monoisotopic (exact) mass is 452 g/mol. The number of ether oxygens (including phenoxy) is 1. The fourth-order valence-electron chi connectivity index (χ4n) is 3.26. The van der Waals surface area contributed by atoms with Crippen LogP contribution in [-0.4, -0.2) is 37.2 Å². The maximum atomic E-state index is 13.8. The summed E-state index contributed by atoms with van der Waals surface area (Å²) in [7, 11) is -2.14. The van der Waals surface area contributed by atoms with E-state index in [0.29, 0.717) is 5.69 Å². The fraction of sp³-hybridized carbons (Fsp3) is 0.300. The van der Waals surface area contributed by atoms with Crippen LogP contribution in [0.2, 0.25) is 0 Å². The van der Waals surface area contributed by atoms with Crippen LogP contribution in [0.15, 0.2) is 36.7 Å². The summed E-state index contributed by atoms with van der Waals surface area (Å²) in [4.78, 5) is 17.2. The number of nitrogens with one attached hydrogen (secondary N) is 2. The Morgan fingerprint density at radius 3 is 2.45 bits per heavy atom. The first-order chi connectivity index (χ1) is 14.5. The lowest BCUT2D eigenvalue weighted by molar-refractivity contribution is -0.120. The number of rotatable bonds is 7. The lowest BCUT2D eigenvalue weighted by Crippen LogP contribution is -2.29. The van der Waals surface area contributed by atoms with Crippen molar-refractivity contribution in [1.82, 2.24) is 9.55 Å². The van der Waals surface area contributed by atoms with E-state index in [1.54, 1.807) is 0 Å². The Bertz CT molecular complexity index is 1240. The molecule has 11 heteroatoms. The number of hydrogen-bond acceptors (Lipinski definition) is 5. The van der Waals surface area contributed by atoms with Crippen molar-refractivity contribution in [1.29, 1.82) is 0 Å². The van der Waals surface area contributed by atoms with E-state index >= 15 is 0 Å². The zero-order valence-electron chi connectivity index (χ0n) is 17.3. The molecule has 2 aromatic carbocycles. The normalized spacial score (nSPS) is 12.7. The molecule has 3 rings (SSSR count). The highest BCUT2D eigenvalue weighted by molar-refractivity contribution is 7.92. The third kappa shape index (κ3) is 4.93. The van der Waals surface area contributed by atoms with Gasteiger partial charge in [-0.15, -0.1) is 0 Å². The quantitative estimate of drug-likeness (QED) is 0.571. The molecule has 1 atom stereocenters. The minimum Gasteiger partial charge on any atom is -0.494 e. The van der Waals surface area contributed by atoms with E-state index in [1.807, 2.05) is 13.8 Å². The number of fused-ring (bicyclic) bond motifs is 1. The van der Waals surface area contributed by atoms with Gasteiger partial charge in [-0.1, -0.05) is 13.8 Å². The highest BCUT2D eigenvalue weighted by atomic mass is 32.2. The van der Waals surface area contributed by atoms with Crippen LogP contribution in [0.25, 0.3) is 11.0 Å². The molecule has 1 unspecified atom stereocenters. The summed E-state index contributed by atoms with van der Waals surface area (Å²) in [6.45, 7) is 3.63. The van der Waals surface area contributed by atoms with Crippen molar-refractivity contribution in [3.8, 4) is 5.75 Å². The van der Waals surface area contributed by atoms with Gasteiger partial charge >= 0.3 is 0 Å². The molecule has 0 bridgehead atoms. The average Bonchev–Trinajstić information content (AvgIpc) is 3.04. The number of aromatic nitrogens is 2. The van der Waals surface area contributed by atoms with E-state index in [-0.39, 0.29) is 28.4 Å². The molecule has 0 radical (unpaired) electrons. The number of benzene rings is 2. The van der Waals surface area contributed by atoms with Crippen molar-refractivity contribution in [2.24, 2.45) is 5.92 Å². The Morgan fingerprint density at radius 2 is 1.84 bits per heavy atom. The van der Waals surface area contributed by atoms with E-state index in [0.717, 1.165) is 18.4 Å². The predicted molar refractivity (Wildman–Crippen MR) is 114 cm³/mol. The molecule has 0 aliphatic heterocycles. The SMILES string of the molecule is COc1cc(NC(=O)C(C(C)C)n2cnc3cc(F)c(F)cc32)ccc1NS(C)(=O)=O. The number of sulfonamides is 1. The number of methoxy groups -OCH3 is 1. The minimum atomic E-state index is -3.51. The number of anilines is 2. The first-order valence-corrected chi connectivity index (χ1v) is 11.2. The van der Waals surface area contributed by atoms with Crippen molar-refractivity contribution in [2.45, 2.75) is 19.9 Å². The largest absolute Gasteiger partial charge is 0.494 e. The minimum absolute atomic E-state index is 0.210. The molecule has 0 aliphatic carbocycles. The number of carbonyl (C=O) groups excluding carboxylic acids is 1. The third-order valence-electron chi connectivity index (χ3n) is 4.58. The number of carbonyl (C=O) groups is 1. The fourth-order valence-corrected chi connectivity index (χ4v) is 3.83. The molecule has 0 aliphatic rings. The molecule has 8 nitrogen and oxygen atoms in total. The van der Waals surface area contributed by atoms with E-state index in [4.69, 9.17) is 4.74 Å². The maximum absolute atomic E-state index is 13.8. The Balaban J connectivity index is 1.93. The predicted octanol–water partition coefficient (Wildman–Crippen LogP) is 3.53. The van der Waals surface area contributed by atoms with Gasteiger partial charge in [-0.25, -0.2) is 22.2 Å². The van der Waals surface area contributed by atoms with Crippen molar-refractivity contribution >= 4 is 38.3 Å². The zero-order chi connectivity index (χ0) is 22.9. The first-order valence-electron chi connectivity index (χ1n) is 9.28. The summed E-state index contributed by atoms with van der Waals surface area (Å²) in [5.74, 6) is -2.45. The Hall–Kier alpha value is -3.21. The standard InChI is InChI=1S/C20H22F2N4O4S/c1-11(2)19(26-10-23-16-8-13(21)14(22)9-17(16)26)20(27)24-12-5-6-15(18(7-12)30-3)25-31(4,28)29/h5-11,19,25H,1-4H3,(H,24,27). The maximum Gasteiger partial charge on any atom is 0.247 e. The molecule has 166 valence electrons. The van der Waals surface area contributed by atoms with Crippen molar-refractivity contribution < 1.29 is 26.7 Å². The van der Waals surface area contributed by atoms with Gasteiger partial charge in [0, 0.05) is 23.9 Å². The lowest BCUT2D eigenvalue weighted by atomic mass is 10.0. The van der Waals surface area contributed by atoms with Crippen molar-refractivity contribution in [2.75, 3.05) is 23.4 Å². The molecule has 1 heterocycles. The van der Waals surface area contributed by atoms with Gasteiger partial charge in [0.05, 0.1) is 36.4 Å². The molecule has 1 aromatic heterocycles. The molecular weight excluding hydrogens is 430 g/mol. The number of amides is 1. The lowest BCUT2D eigenvalue weighted by Gasteiger charge is -2.23. The van der Waals surface area contributed by atoms with Crippen LogP contribution in [-0.2, 0) is 14.8 Å². The summed E-state index contributed by atoms with van der Waals surface area (Å²) in [5, 5.41) is 2.75. The summed E-state index contributed by atoms with van der Waals surface area (Å²) >= 11 is 0. The smallest absolute Gasteiger partial charge is 0.247 e. The number of nitrogens with zero attached hydrogens (tertiary/aromatic N) is 2. The summed E-state index contributed by atoms with van der Waals surface area (Å²) in [5.41, 5.74) is 1.11. The van der Waals surface area contributed by atoms with Crippen LogP contribution in [0.3, 0.4) is 0 Å². The van der Waals surface area contributed by atoms with E-state index in [2.05, 4.69) is 15.0 Å². The third-order valence-corrected chi connectivity index (χ3v) is 5.17. The Morgan fingerprint density at radius 1 is 1.16 bits per heavy atom. The summed E-state index contributed by atoms with van der Waals surface area (Å²) in [6.07, 6.45) is 2.38. The highest BCUT2D eigenvalue weighted by Crippen LogP contribution is 2.31. The summed E-state index contributed by atoms with van der Waals surface area (Å²) in [6, 6.07) is 5.68. The van der Waals surface area contributed by atoms with Crippen molar-refractivity contribution in [3.63, 3.8) is 0 Å². The van der Waals surface area contributed by atoms with E-state index in [9.17, 15) is 22.0 Å². The van der Waals surface area contributed by atoms with E-state index in [1.165, 1.54) is 36.2 Å². The van der Waals surface area contributed by atoms with Gasteiger partial charge in [0.2, 0.25) is 15.9 Å². The number of halogens is 2. The molecule has 0 saturated carbocycles. The average molecular weight is 452 g/mol. The second kappa shape index (κ2) is 8.50. The van der Waals surface area contributed by atoms with E-state index < -0.39 is 33.6 Å². The van der Waals surface area contributed by atoms with Gasteiger partial charge < -0.3 is 14.6 Å². The van der Waals surface area contributed by atoms with Crippen LogP contribution >= 0.6 is 0 Å². The van der Waals surface area contributed by atoms with Gasteiger partial charge in [-0.05, 0) is 18.1 Å². The number of imidazole rings is 1. The van der Waals surface area contributed by atoms with Crippen LogP contribution in [0, 0.1) is 17.6 Å². The van der Waals surface area contributed by atoms with Gasteiger partial charge in [0.1, 0.15) is 11.8 Å². The molecule has 2 N–H and O–H groups in total. The topological polar surface area (TPSA) is 102 Å². The Labute approximate surface area is 178 Å². The van der Waals surface area contributed by atoms with Gasteiger partial charge in [0.25, 0.3) is 0 Å². The molecule has 31 heavy (non-hydrogen) atoms. The zero-order valence-corrected chi connectivity index (χ0v) is 18.1. The van der Waals surface area contributed by atoms with Gasteiger partial charge in [-0.3, -0.25) is 9.52 Å². The van der Waals surface area contributed by atoms with Crippen LogP contribution in [0.1, 0.15) is 19.9 Å². The van der Waals surface area contributed by atoms with Gasteiger partial charge in [0.15, 0.2) is 11.6 Å². The Kier molecular flexibility index (Phi) is 6.16. The highest BCUT2D eigenvalue weighted by Gasteiger charge is 2.26. The molecule has 3 aromatic rings. The second-order valence-corrected chi connectivity index (χ2v) is 9.12.